The summed E-state index contributed by atoms with van der Waals surface area (Å²) in [5, 5.41) is 0.737. The van der Waals surface area contributed by atoms with Gasteiger partial charge in [-0.05, 0) is 37.5 Å². The molecule has 0 saturated heterocycles. The second kappa shape index (κ2) is 4.88. The first-order valence-corrected chi connectivity index (χ1v) is 7.54. The largest absolute Gasteiger partial charge is 0.348 e. The van der Waals surface area contributed by atoms with Crippen LogP contribution in [0.5, 0.6) is 0 Å². The molecule has 2 nitrogen and oxygen atoms in total. The Kier molecular flexibility index (Phi) is 3.33. The van der Waals surface area contributed by atoms with Crippen molar-refractivity contribution in [2.75, 3.05) is 6.54 Å². The van der Waals surface area contributed by atoms with Crippen LogP contribution in [0.2, 0.25) is 0 Å². The normalized spacial score (nSPS) is 18.6. The van der Waals surface area contributed by atoms with E-state index in [0.717, 1.165) is 47.8 Å². The monoisotopic (exact) mass is 274 g/mol. The molecule has 108 valence electrons. The fourth-order valence-electron chi connectivity index (χ4n) is 3.73. The molecule has 0 atom stereocenters. The standard InChI is InChI=1S/C17H23FN2/c1-12-10-13-15(20(12)2)7-6-14(16(13)18)17(11-19)8-4-3-5-9-17/h6-7,10H,3-5,8-9,11,19H2,1-2H3. The Hall–Kier alpha value is -1.35. The molecule has 1 heterocycles. The number of halogens is 1. The van der Waals surface area contributed by atoms with Gasteiger partial charge in [-0.3, -0.25) is 0 Å². The van der Waals surface area contributed by atoms with Crippen molar-refractivity contribution < 1.29 is 4.39 Å². The molecule has 0 radical (unpaired) electrons. The third-order valence-corrected chi connectivity index (χ3v) is 5.17. The molecule has 0 unspecified atom stereocenters. The van der Waals surface area contributed by atoms with Crippen molar-refractivity contribution in [2.45, 2.75) is 44.4 Å². The summed E-state index contributed by atoms with van der Waals surface area (Å²) < 4.78 is 17.0. The highest BCUT2D eigenvalue weighted by atomic mass is 19.1. The van der Waals surface area contributed by atoms with Crippen molar-refractivity contribution in [2.24, 2.45) is 12.8 Å². The molecule has 0 spiro atoms. The Morgan fingerprint density at radius 3 is 2.60 bits per heavy atom. The summed E-state index contributed by atoms with van der Waals surface area (Å²) in [5.41, 5.74) is 8.77. The zero-order valence-corrected chi connectivity index (χ0v) is 12.4. The first-order valence-electron chi connectivity index (χ1n) is 7.54. The maximum atomic E-state index is 15.0. The predicted molar refractivity (Wildman–Crippen MR) is 81.4 cm³/mol. The highest BCUT2D eigenvalue weighted by molar-refractivity contribution is 5.83. The van der Waals surface area contributed by atoms with Crippen LogP contribution in [0.15, 0.2) is 18.2 Å². The lowest BCUT2D eigenvalue weighted by Gasteiger charge is -2.37. The van der Waals surface area contributed by atoms with Crippen LogP contribution in [0.3, 0.4) is 0 Å². The zero-order valence-electron chi connectivity index (χ0n) is 12.4. The number of hydrogen-bond acceptors (Lipinski definition) is 1. The summed E-state index contributed by atoms with van der Waals surface area (Å²) in [5.74, 6) is -0.0569. The van der Waals surface area contributed by atoms with Gasteiger partial charge < -0.3 is 10.3 Å². The number of nitrogens with zero attached hydrogens (tertiary/aromatic N) is 1. The summed E-state index contributed by atoms with van der Waals surface area (Å²) >= 11 is 0. The number of aromatic nitrogens is 1. The van der Waals surface area contributed by atoms with E-state index >= 15 is 4.39 Å². The van der Waals surface area contributed by atoms with E-state index in [-0.39, 0.29) is 11.2 Å². The molecule has 2 N–H and O–H groups in total. The van der Waals surface area contributed by atoms with Crippen LogP contribution in [-0.4, -0.2) is 11.1 Å². The van der Waals surface area contributed by atoms with Gasteiger partial charge in [0, 0.05) is 30.1 Å². The summed E-state index contributed by atoms with van der Waals surface area (Å²) in [6.07, 6.45) is 5.58. The zero-order chi connectivity index (χ0) is 14.3. The molecule has 1 aliphatic rings. The fourth-order valence-corrected chi connectivity index (χ4v) is 3.73. The second-order valence-electron chi connectivity index (χ2n) is 6.25. The van der Waals surface area contributed by atoms with E-state index in [4.69, 9.17) is 5.73 Å². The maximum Gasteiger partial charge on any atom is 0.136 e. The van der Waals surface area contributed by atoms with Crippen molar-refractivity contribution in [1.29, 1.82) is 0 Å². The smallest absolute Gasteiger partial charge is 0.136 e. The molecule has 1 saturated carbocycles. The molecule has 1 fully saturated rings. The van der Waals surface area contributed by atoms with E-state index in [1.807, 2.05) is 36.7 Å². The molecule has 0 aliphatic heterocycles. The topological polar surface area (TPSA) is 30.9 Å². The van der Waals surface area contributed by atoms with Gasteiger partial charge >= 0.3 is 0 Å². The molecular weight excluding hydrogens is 251 g/mol. The SMILES string of the molecule is Cc1cc2c(F)c(C3(CN)CCCCC3)ccc2n1C. The van der Waals surface area contributed by atoms with E-state index in [1.54, 1.807) is 0 Å². The minimum Gasteiger partial charge on any atom is -0.348 e. The quantitative estimate of drug-likeness (QED) is 0.887. The minimum absolute atomic E-state index is 0.0569. The van der Waals surface area contributed by atoms with Gasteiger partial charge in [0.05, 0.1) is 5.52 Å². The third-order valence-electron chi connectivity index (χ3n) is 5.17. The van der Waals surface area contributed by atoms with E-state index in [9.17, 15) is 0 Å². The molecule has 0 bridgehead atoms. The number of aryl methyl sites for hydroxylation is 2. The highest BCUT2D eigenvalue weighted by Crippen LogP contribution is 2.41. The Morgan fingerprint density at radius 2 is 1.95 bits per heavy atom. The Balaban J connectivity index is 2.18. The van der Waals surface area contributed by atoms with Crippen molar-refractivity contribution >= 4 is 10.9 Å². The molecule has 3 heteroatoms. The summed E-state index contributed by atoms with van der Waals surface area (Å²) in [7, 11) is 1.98. The Morgan fingerprint density at radius 1 is 1.25 bits per heavy atom. The van der Waals surface area contributed by atoms with E-state index in [1.165, 1.54) is 6.42 Å². The van der Waals surface area contributed by atoms with E-state index in [0.29, 0.717) is 6.54 Å². The molecule has 0 amide bonds. The van der Waals surface area contributed by atoms with Gasteiger partial charge in [0.25, 0.3) is 0 Å². The highest BCUT2D eigenvalue weighted by Gasteiger charge is 2.35. The van der Waals surface area contributed by atoms with Gasteiger partial charge in [-0.25, -0.2) is 4.39 Å². The minimum atomic E-state index is -0.153. The van der Waals surface area contributed by atoms with Gasteiger partial charge in [-0.2, -0.15) is 0 Å². The first-order chi connectivity index (χ1) is 9.59. The third kappa shape index (κ3) is 1.87. The number of fused-ring (bicyclic) bond motifs is 1. The Bertz CT molecular complexity index is 636. The van der Waals surface area contributed by atoms with Crippen molar-refractivity contribution in [1.82, 2.24) is 4.57 Å². The first kappa shape index (κ1) is 13.6. The van der Waals surface area contributed by atoms with Crippen molar-refractivity contribution in [3.8, 4) is 0 Å². The molecule has 1 aliphatic carbocycles. The van der Waals surface area contributed by atoms with Crippen LogP contribution in [0.4, 0.5) is 4.39 Å². The van der Waals surface area contributed by atoms with Gasteiger partial charge in [-0.1, -0.05) is 25.3 Å². The Labute approximate surface area is 119 Å². The maximum absolute atomic E-state index is 15.0. The van der Waals surface area contributed by atoms with Crippen LogP contribution in [-0.2, 0) is 12.5 Å². The average Bonchev–Trinajstić information content (AvgIpc) is 2.77. The molecular formula is C17H23FN2. The van der Waals surface area contributed by atoms with Gasteiger partial charge in [0.2, 0.25) is 0 Å². The number of rotatable bonds is 2. The van der Waals surface area contributed by atoms with E-state index < -0.39 is 0 Å². The number of benzene rings is 1. The number of hydrogen-bond donors (Lipinski definition) is 1. The van der Waals surface area contributed by atoms with Crippen LogP contribution < -0.4 is 5.73 Å². The van der Waals surface area contributed by atoms with Crippen LogP contribution >= 0.6 is 0 Å². The average molecular weight is 274 g/mol. The van der Waals surface area contributed by atoms with Crippen LogP contribution in [0, 0.1) is 12.7 Å². The molecule has 3 rings (SSSR count). The summed E-state index contributed by atoms with van der Waals surface area (Å²) in [6.45, 7) is 2.56. The summed E-state index contributed by atoms with van der Waals surface area (Å²) in [4.78, 5) is 0. The van der Waals surface area contributed by atoms with Crippen LogP contribution in [0.25, 0.3) is 10.9 Å². The second-order valence-corrected chi connectivity index (χ2v) is 6.25. The van der Waals surface area contributed by atoms with Gasteiger partial charge in [-0.15, -0.1) is 0 Å². The molecule has 2 aromatic rings. The fraction of sp³-hybridized carbons (Fsp3) is 0.529. The predicted octanol–water partition coefficient (Wildman–Crippen LogP) is 3.79. The summed E-state index contributed by atoms with van der Waals surface area (Å²) in [6, 6.07) is 5.96. The van der Waals surface area contributed by atoms with Gasteiger partial charge in [0.1, 0.15) is 5.82 Å². The van der Waals surface area contributed by atoms with Crippen LogP contribution in [0.1, 0.15) is 43.4 Å². The molecule has 1 aromatic heterocycles. The lowest BCUT2D eigenvalue weighted by Crippen LogP contribution is -2.38. The molecule has 1 aromatic carbocycles. The van der Waals surface area contributed by atoms with E-state index in [2.05, 4.69) is 0 Å². The molecule has 20 heavy (non-hydrogen) atoms. The van der Waals surface area contributed by atoms with Crippen molar-refractivity contribution in [3.63, 3.8) is 0 Å². The lowest BCUT2D eigenvalue weighted by atomic mass is 9.69. The number of nitrogens with two attached hydrogens (primary N) is 1. The van der Waals surface area contributed by atoms with Crippen molar-refractivity contribution in [3.05, 3.63) is 35.3 Å². The van der Waals surface area contributed by atoms with Gasteiger partial charge in [0.15, 0.2) is 0 Å². The lowest BCUT2D eigenvalue weighted by molar-refractivity contribution is 0.292.